The minimum absolute atomic E-state index is 0.00708. The van der Waals surface area contributed by atoms with Gasteiger partial charge in [0.05, 0.1) is 22.8 Å². The van der Waals surface area contributed by atoms with Crippen LogP contribution in [0.25, 0.3) is 0 Å². The van der Waals surface area contributed by atoms with E-state index in [-0.39, 0.29) is 29.5 Å². The van der Waals surface area contributed by atoms with E-state index in [1.165, 1.54) is 7.11 Å². The van der Waals surface area contributed by atoms with Crippen LogP contribution in [0.2, 0.25) is 0 Å². The van der Waals surface area contributed by atoms with Crippen LogP contribution in [0.3, 0.4) is 0 Å². The van der Waals surface area contributed by atoms with Crippen molar-refractivity contribution in [2.45, 2.75) is 11.1 Å². The van der Waals surface area contributed by atoms with E-state index in [0.29, 0.717) is 6.07 Å². The van der Waals surface area contributed by atoms with Gasteiger partial charge < -0.3 is 9.47 Å². The number of alkyl halides is 3. The fraction of sp³-hybridized carbons (Fsp3) is 0.250. The minimum Gasteiger partial charge on any atom is -0.489 e. The zero-order valence-corrected chi connectivity index (χ0v) is 14.3. The van der Waals surface area contributed by atoms with Crippen molar-refractivity contribution in [1.82, 2.24) is 0 Å². The highest BCUT2D eigenvalue weighted by atomic mass is 32.2. The van der Waals surface area contributed by atoms with Gasteiger partial charge in [0.25, 0.3) is 10.0 Å². The monoisotopic (exact) mass is 393 g/mol. The molecule has 0 heterocycles. The lowest BCUT2D eigenvalue weighted by atomic mass is 10.2. The van der Waals surface area contributed by atoms with Crippen molar-refractivity contribution in [2.75, 3.05) is 25.0 Å². The van der Waals surface area contributed by atoms with Gasteiger partial charge in [-0.3, -0.25) is 4.72 Å². The molecule has 2 aromatic rings. The lowest BCUT2D eigenvalue weighted by Gasteiger charge is -2.16. The summed E-state index contributed by atoms with van der Waals surface area (Å²) in [6.45, 7) is 0.165. The van der Waals surface area contributed by atoms with Crippen LogP contribution in [0.15, 0.2) is 47.4 Å². The van der Waals surface area contributed by atoms with E-state index in [1.807, 2.05) is 4.72 Å². The first kappa shape index (κ1) is 20.0. The second-order valence-corrected chi connectivity index (χ2v) is 6.79. The van der Waals surface area contributed by atoms with Crippen LogP contribution in [0.5, 0.6) is 5.75 Å². The highest BCUT2D eigenvalue weighted by Gasteiger charge is 2.32. The summed E-state index contributed by atoms with van der Waals surface area (Å²) in [6, 6.07) is 6.27. The van der Waals surface area contributed by atoms with Gasteiger partial charge in [0.15, 0.2) is 0 Å². The SMILES string of the molecule is COCCOc1ccc(C(F)(F)F)cc1NS(=O)(=O)c1ccc(F)cc1. The Balaban J connectivity index is 2.38. The maximum atomic E-state index is 13.0. The highest BCUT2D eigenvalue weighted by molar-refractivity contribution is 7.92. The van der Waals surface area contributed by atoms with Gasteiger partial charge >= 0.3 is 6.18 Å². The Hall–Kier alpha value is -2.33. The molecule has 0 aliphatic heterocycles. The molecule has 0 spiro atoms. The number of ether oxygens (including phenoxy) is 2. The van der Waals surface area contributed by atoms with Crippen molar-refractivity contribution >= 4 is 15.7 Å². The molecule has 0 saturated heterocycles. The van der Waals surface area contributed by atoms with E-state index in [4.69, 9.17) is 9.47 Å². The molecule has 0 aromatic heterocycles. The average Bonchev–Trinajstić information content (AvgIpc) is 2.55. The number of nitrogens with one attached hydrogen (secondary N) is 1. The first-order valence-corrected chi connectivity index (χ1v) is 8.73. The second kappa shape index (κ2) is 7.92. The molecule has 1 N–H and O–H groups in total. The Morgan fingerprint density at radius 1 is 1.04 bits per heavy atom. The molecule has 0 aliphatic rings. The lowest BCUT2D eigenvalue weighted by molar-refractivity contribution is -0.137. The molecule has 0 radical (unpaired) electrons. The molecule has 5 nitrogen and oxygen atoms in total. The zero-order chi connectivity index (χ0) is 19.4. The van der Waals surface area contributed by atoms with Gasteiger partial charge in [0.2, 0.25) is 0 Å². The van der Waals surface area contributed by atoms with Crippen LogP contribution < -0.4 is 9.46 Å². The van der Waals surface area contributed by atoms with Gasteiger partial charge in [-0.1, -0.05) is 0 Å². The summed E-state index contributed by atoms with van der Waals surface area (Å²) in [4.78, 5) is -0.306. The van der Waals surface area contributed by atoms with E-state index in [2.05, 4.69) is 0 Å². The van der Waals surface area contributed by atoms with Crippen molar-refractivity contribution in [3.05, 3.63) is 53.8 Å². The summed E-state index contributed by atoms with van der Waals surface area (Å²) in [5.74, 6) is -0.743. The molecule has 0 aliphatic carbocycles. The van der Waals surface area contributed by atoms with Gasteiger partial charge in [-0.15, -0.1) is 0 Å². The van der Waals surface area contributed by atoms with E-state index in [1.54, 1.807) is 0 Å². The molecule has 0 unspecified atom stereocenters. The quantitative estimate of drug-likeness (QED) is 0.576. The normalized spacial score (nSPS) is 12.0. The molecule has 2 rings (SSSR count). The minimum atomic E-state index is -4.67. The van der Waals surface area contributed by atoms with E-state index >= 15 is 0 Å². The zero-order valence-electron chi connectivity index (χ0n) is 13.5. The molecule has 0 fully saturated rings. The van der Waals surface area contributed by atoms with Gasteiger partial charge in [-0.2, -0.15) is 13.2 Å². The van der Waals surface area contributed by atoms with E-state index < -0.39 is 27.6 Å². The van der Waals surface area contributed by atoms with Crippen LogP contribution in [0.1, 0.15) is 5.56 Å². The number of benzene rings is 2. The third kappa shape index (κ3) is 5.09. The first-order valence-electron chi connectivity index (χ1n) is 7.25. The summed E-state index contributed by atoms with van der Waals surface area (Å²) in [7, 11) is -2.83. The Kier molecular flexibility index (Phi) is 6.09. The van der Waals surface area contributed by atoms with Crippen LogP contribution in [-0.4, -0.2) is 28.7 Å². The molecule has 0 atom stereocenters. The van der Waals surface area contributed by atoms with Crippen molar-refractivity contribution in [3.63, 3.8) is 0 Å². The van der Waals surface area contributed by atoms with E-state index in [9.17, 15) is 26.0 Å². The first-order chi connectivity index (χ1) is 12.1. The molecule has 10 heteroatoms. The van der Waals surface area contributed by atoms with Crippen LogP contribution in [0, 0.1) is 5.82 Å². The maximum Gasteiger partial charge on any atom is 0.416 e. The third-order valence-electron chi connectivity index (χ3n) is 3.22. The van der Waals surface area contributed by atoms with Crippen molar-refractivity contribution < 1.29 is 35.5 Å². The van der Waals surface area contributed by atoms with Crippen LogP contribution >= 0.6 is 0 Å². The average molecular weight is 393 g/mol. The highest BCUT2D eigenvalue weighted by Crippen LogP contribution is 2.36. The van der Waals surface area contributed by atoms with Gasteiger partial charge in [0.1, 0.15) is 18.2 Å². The number of methoxy groups -OCH3 is 1. The second-order valence-electron chi connectivity index (χ2n) is 5.11. The summed E-state index contributed by atoms with van der Waals surface area (Å²) in [5, 5.41) is 0. The Bertz CT molecular complexity index is 852. The molecule has 0 amide bonds. The number of anilines is 1. The molecular formula is C16H15F4NO4S. The smallest absolute Gasteiger partial charge is 0.416 e. The molecule has 142 valence electrons. The number of hydrogen-bond acceptors (Lipinski definition) is 4. The van der Waals surface area contributed by atoms with Crippen molar-refractivity contribution in [2.24, 2.45) is 0 Å². The van der Waals surface area contributed by atoms with Gasteiger partial charge in [-0.25, -0.2) is 12.8 Å². The van der Waals surface area contributed by atoms with E-state index in [0.717, 1.165) is 36.4 Å². The largest absolute Gasteiger partial charge is 0.489 e. The number of sulfonamides is 1. The fourth-order valence-corrected chi connectivity index (χ4v) is 3.03. The predicted octanol–water partition coefficient (Wildman–Crippen LogP) is 3.67. The summed E-state index contributed by atoms with van der Waals surface area (Å²) < 4.78 is 88.5. The van der Waals surface area contributed by atoms with Gasteiger partial charge in [0, 0.05) is 7.11 Å². The maximum absolute atomic E-state index is 13.0. The Morgan fingerprint density at radius 3 is 2.27 bits per heavy atom. The Morgan fingerprint density at radius 2 is 1.69 bits per heavy atom. The molecule has 26 heavy (non-hydrogen) atoms. The third-order valence-corrected chi connectivity index (χ3v) is 4.60. The Labute approximate surface area is 147 Å². The van der Waals surface area contributed by atoms with Gasteiger partial charge in [-0.05, 0) is 42.5 Å². The standard InChI is InChI=1S/C16H15F4NO4S/c1-24-8-9-25-15-7-2-11(16(18,19)20)10-14(15)21-26(22,23)13-5-3-12(17)4-6-13/h2-7,10,21H,8-9H2,1H3. The molecule has 0 bridgehead atoms. The summed E-state index contributed by atoms with van der Waals surface area (Å²) >= 11 is 0. The summed E-state index contributed by atoms with van der Waals surface area (Å²) in [6.07, 6.45) is -4.67. The molecular weight excluding hydrogens is 378 g/mol. The van der Waals surface area contributed by atoms with Crippen LogP contribution in [-0.2, 0) is 20.9 Å². The lowest BCUT2D eigenvalue weighted by Crippen LogP contribution is -2.16. The fourth-order valence-electron chi connectivity index (χ4n) is 1.96. The van der Waals surface area contributed by atoms with Crippen molar-refractivity contribution in [1.29, 1.82) is 0 Å². The topological polar surface area (TPSA) is 64.6 Å². The molecule has 2 aromatic carbocycles. The number of halogens is 4. The van der Waals surface area contributed by atoms with Crippen LogP contribution in [0.4, 0.5) is 23.2 Å². The summed E-state index contributed by atoms with van der Waals surface area (Å²) in [5.41, 5.74) is -1.44. The number of hydrogen-bond donors (Lipinski definition) is 1. The predicted molar refractivity (Wildman–Crippen MR) is 86.0 cm³/mol. The molecule has 0 saturated carbocycles. The van der Waals surface area contributed by atoms with Crippen molar-refractivity contribution in [3.8, 4) is 5.75 Å². The number of rotatable bonds is 7.